The van der Waals surface area contributed by atoms with E-state index in [-0.39, 0.29) is 23.8 Å². The van der Waals surface area contributed by atoms with Crippen LogP contribution in [0.1, 0.15) is 58.8 Å². The van der Waals surface area contributed by atoms with Gasteiger partial charge in [-0.05, 0) is 45.6 Å². The monoisotopic (exact) mass is 412 g/mol. The number of likely N-dealkylation sites (N-methyl/N-ethyl adjacent to an activating group) is 2. The second-order valence-electron chi connectivity index (χ2n) is 7.41. The summed E-state index contributed by atoms with van der Waals surface area (Å²) in [5.41, 5.74) is 10.2. The summed E-state index contributed by atoms with van der Waals surface area (Å²) in [6.45, 7) is 4.65. The molecule has 0 bridgehead atoms. The van der Waals surface area contributed by atoms with Crippen LogP contribution in [0.2, 0.25) is 0 Å². The van der Waals surface area contributed by atoms with Gasteiger partial charge in [0.1, 0.15) is 6.29 Å². The summed E-state index contributed by atoms with van der Waals surface area (Å²) in [7, 11) is 3.79. The van der Waals surface area contributed by atoms with Gasteiger partial charge in [0, 0.05) is 27.1 Å². The average Bonchev–Trinajstić information content (AvgIpc) is 2.70. The Kier molecular flexibility index (Phi) is 14.6. The van der Waals surface area contributed by atoms with Crippen LogP contribution in [0.15, 0.2) is 4.99 Å². The predicted molar refractivity (Wildman–Crippen MR) is 116 cm³/mol. The molecule has 29 heavy (non-hydrogen) atoms. The van der Waals surface area contributed by atoms with E-state index < -0.39 is 6.04 Å². The molecule has 2 amide bonds. The first-order valence-corrected chi connectivity index (χ1v) is 10.5. The van der Waals surface area contributed by atoms with Crippen molar-refractivity contribution in [3.05, 3.63) is 0 Å². The summed E-state index contributed by atoms with van der Waals surface area (Å²) >= 11 is 0. The van der Waals surface area contributed by atoms with Gasteiger partial charge in [0.05, 0.1) is 12.1 Å². The standard InChI is InChI=1S/C12H24N2O.C8H16N4O2/c1-4-14(3)12(15)11(13-2)10-8-6-5-7-9-10;1-6(14)12-7(5-13)3-2-4-11-8(9)10/h10-11,13H,4-9H2,1-3H3;5,7H,2-4H2,1H3,(H,12,14)(H4,9,10,11)/t11-;/m1./s1. The first kappa shape index (κ1) is 26.8. The largest absolute Gasteiger partial charge is 0.370 e. The number of hydrogen-bond acceptors (Lipinski definition) is 5. The zero-order valence-electron chi connectivity index (χ0n) is 18.4. The van der Waals surface area contributed by atoms with Gasteiger partial charge in [-0.25, -0.2) is 0 Å². The molecule has 6 N–H and O–H groups in total. The zero-order valence-corrected chi connectivity index (χ0v) is 18.4. The maximum Gasteiger partial charge on any atom is 0.239 e. The van der Waals surface area contributed by atoms with Crippen molar-refractivity contribution in [2.75, 3.05) is 27.2 Å². The molecule has 0 saturated heterocycles. The number of nitrogens with two attached hydrogens (primary N) is 2. The van der Waals surface area contributed by atoms with Crippen LogP contribution in [-0.4, -0.2) is 68.2 Å². The van der Waals surface area contributed by atoms with E-state index in [0.29, 0.717) is 31.6 Å². The lowest BCUT2D eigenvalue weighted by Crippen LogP contribution is -2.48. The number of carbonyl (C=O) groups is 3. The van der Waals surface area contributed by atoms with E-state index in [1.807, 2.05) is 25.9 Å². The molecule has 0 aliphatic heterocycles. The highest BCUT2D eigenvalue weighted by atomic mass is 16.2. The van der Waals surface area contributed by atoms with Crippen molar-refractivity contribution in [1.82, 2.24) is 15.5 Å². The number of hydrogen-bond donors (Lipinski definition) is 4. The van der Waals surface area contributed by atoms with Crippen molar-refractivity contribution < 1.29 is 14.4 Å². The fourth-order valence-corrected chi connectivity index (χ4v) is 3.38. The van der Waals surface area contributed by atoms with Crippen LogP contribution in [0, 0.1) is 5.92 Å². The van der Waals surface area contributed by atoms with Crippen LogP contribution in [0.4, 0.5) is 0 Å². The number of guanidine groups is 1. The molecule has 2 atom stereocenters. The predicted octanol–water partition coefficient (Wildman–Crippen LogP) is 0.377. The van der Waals surface area contributed by atoms with Gasteiger partial charge in [-0.3, -0.25) is 14.6 Å². The number of carbonyl (C=O) groups excluding carboxylic acids is 3. The molecule has 0 aromatic carbocycles. The Hall–Kier alpha value is -2.16. The Balaban J connectivity index is 0.000000543. The van der Waals surface area contributed by atoms with Gasteiger partial charge >= 0.3 is 0 Å². The van der Waals surface area contributed by atoms with Crippen molar-refractivity contribution in [3.63, 3.8) is 0 Å². The molecule has 168 valence electrons. The molecule has 1 aliphatic rings. The van der Waals surface area contributed by atoms with E-state index in [9.17, 15) is 14.4 Å². The topological polar surface area (TPSA) is 143 Å². The maximum absolute atomic E-state index is 12.1. The third kappa shape index (κ3) is 12.1. The van der Waals surface area contributed by atoms with Gasteiger partial charge in [-0.1, -0.05) is 19.3 Å². The highest BCUT2D eigenvalue weighted by molar-refractivity contribution is 5.82. The third-order valence-corrected chi connectivity index (χ3v) is 5.07. The summed E-state index contributed by atoms with van der Waals surface area (Å²) < 4.78 is 0. The Morgan fingerprint density at radius 2 is 1.86 bits per heavy atom. The number of aliphatic imine (C=N–C) groups is 1. The minimum Gasteiger partial charge on any atom is -0.370 e. The molecule has 0 aromatic rings. The smallest absolute Gasteiger partial charge is 0.239 e. The normalized spacial score (nSPS) is 15.9. The Labute approximate surface area is 175 Å². The molecule has 9 heteroatoms. The van der Waals surface area contributed by atoms with Gasteiger partial charge in [0.25, 0.3) is 0 Å². The summed E-state index contributed by atoms with van der Waals surface area (Å²) in [4.78, 5) is 38.7. The Morgan fingerprint density at radius 1 is 1.24 bits per heavy atom. The van der Waals surface area contributed by atoms with Crippen molar-refractivity contribution in [1.29, 1.82) is 0 Å². The fourth-order valence-electron chi connectivity index (χ4n) is 3.38. The van der Waals surface area contributed by atoms with Gasteiger partial charge in [0.2, 0.25) is 11.8 Å². The number of nitrogens with zero attached hydrogens (tertiary/aromatic N) is 2. The number of nitrogens with one attached hydrogen (secondary N) is 2. The average molecular weight is 413 g/mol. The molecule has 0 heterocycles. The molecule has 0 radical (unpaired) electrons. The Bertz CT molecular complexity index is 516. The number of aldehydes is 1. The quantitative estimate of drug-likeness (QED) is 0.177. The molecule has 0 aromatic heterocycles. The minimum absolute atomic E-state index is 0.0344. The van der Waals surface area contributed by atoms with Gasteiger partial charge in [-0.15, -0.1) is 0 Å². The molecular weight excluding hydrogens is 372 g/mol. The van der Waals surface area contributed by atoms with Crippen LogP contribution in [-0.2, 0) is 14.4 Å². The molecule has 1 aliphatic carbocycles. The van der Waals surface area contributed by atoms with Gasteiger partial charge in [-0.2, -0.15) is 0 Å². The summed E-state index contributed by atoms with van der Waals surface area (Å²) in [6, 6.07) is -0.406. The molecule has 0 spiro atoms. The summed E-state index contributed by atoms with van der Waals surface area (Å²) in [6.07, 6.45) is 8.21. The summed E-state index contributed by atoms with van der Waals surface area (Å²) in [5.74, 6) is 0.619. The second kappa shape index (κ2) is 15.7. The number of amides is 2. The van der Waals surface area contributed by atoms with E-state index in [1.165, 1.54) is 39.0 Å². The first-order chi connectivity index (χ1) is 13.8. The molecule has 1 unspecified atom stereocenters. The van der Waals surface area contributed by atoms with Crippen molar-refractivity contribution >= 4 is 24.1 Å². The van der Waals surface area contributed by atoms with E-state index in [4.69, 9.17) is 11.5 Å². The maximum atomic E-state index is 12.1. The molecule has 9 nitrogen and oxygen atoms in total. The van der Waals surface area contributed by atoms with E-state index in [1.54, 1.807) is 0 Å². The second-order valence-corrected chi connectivity index (χ2v) is 7.41. The molecular formula is C20H40N6O3. The fraction of sp³-hybridized carbons (Fsp3) is 0.800. The van der Waals surface area contributed by atoms with E-state index in [2.05, 4.69) is 15.6 Å². The van der Waals surface area contributed by atoms with Gasteiger partial charge < -0.3 is 31.8 Å². The van der Waals surface area contributed by atoms with Crippen LogP contribution in [0.25, 0.3) is 0 Å². The number of rotatable bonds is 10. The zero-order chi connectivity index (χ0) is 22.2. The van der Waals surface area contributed by atoms with E-state index >= 15 is 0 Å². The van der Waals surface area contributed by atoms with Crippen molar-refractivity contribution in [2.24, 2.45) is 22.4 Å². The Morgan fingerprint density at radius 3 is 2.31 bits per heavy atom. The highest BCUT2D eigenvalue weighted by Crippen LogP contribution is 2.27. The van der Waals surface area contributed by atoms with Crippen molar-refractivity contribution in [3.8, 4) is 0 Å². The molecule has 1 rings (SSSR count). The van der Waals surface area contributed by atoms with Gasteiger partial charge in [0.15, 0.2) is 5.96 Å². The first-order valence-electron chi connectivity index (χ1n) is 10.5. The van der Waals surface area contributed by atoms with Crippen LogP contribution < -0.4 is 22.1 Å². The van der Waals surface area contributed by atoms with Crippen LogP contribution >= 0.6 is 0 Å². The highest BCUT2D eigenvalue weighted by Gasteiger charge is 2.29. The lowest BCUT2D eigenvalue weighted by atomic mass is 9.83. The van der Waals surface area contributed by atoms with E-state index in [0.717, 1.165) is 6.54 Å². The minimum atomic E-state index is -0.443. The summed E-state index contributed by atoms with van der Waals surface area (Å²) in [5, 5.41) is 5.70. The SMILES string of the molecule is CC(=O)NC(C=O)CCCN=C(N)N.CCN(C)C(=O)[C@H](NC)C1CCCCC1. The molecule has 1 saturated carbocycles. The van der Waals surface area contributed by atoms with Crippen LogP contribution in [0.5, 0.6) is 0 Å². The van der Waals surface area contributed by atoms with Crippen molar-refractivity contribution in [2.45, 2.75) is 70.9 Å². The third-order valence-electron chi connectivity index (χ3n) is 5.07. The lowest BCUT2D eigenvalue weighted by molar-refractivity contribution is -0.133. The van der Waals surface area contributed by atoms with Crippen LogP contribution in [0.3, 0.4) is 0 Å². The molecule has 1 fully saturated rings. The lowest BCUT2D eigenvalue weighted by Gasteiger charge is -2.31.